The maximum Gasteiger partial charge on any atom is 0.452 e. The highest BCUT2D eigenvalue weighted by Crippen LogP contribution is 2.54. The van der Waals surface area contributed by atoms with E-state index >= 15 is 0 Å². The molecule has 5 atom stereocenters. The monoisotopic (exact) mass is 573 g/mol. The number of benzene rings is 2. The number of urea groups is 1. The number of quaternary nitrogens is 1. The van der Waals surface area contributed by atoms with Crippen LogP contribution in [0.1, 0.15) is 5.56 Å². The van der Waals surface area contributed by atoms with Crippen molar-refractivity contribution in [3.05, 3.63) is 57.8 Å². The molecular formula is C20H16Cl6FN4O2+. The van der Waals surface area contributed by atoms with Crippen LogP contribution in [0, 0.1) is 12.7 Å². The number of para-hydroxylation sites is 1. The van der Waals surface area contributed by atoms with E-state index in [0.717, 1.165) is 4.90 Å². The van der Waals surface area contributed by atoms with Crippen LogP contribution in [0.25, 0.3) is 0 Å². The summed E-state index contributed by atoms with van der Waals surface area (Å²) in [4.78, 5) is 27.2. The van der Waals surface area contributed by atoms with Crippen LogP contribution in [0.15, 0.2) is 36.4 Å². The molecule has 33 heavy (non-hydrogen) atoms. The Morgan fingerprint density at radius 1 is 1.12 bits per heavy atom. The van der Waals surface area contributed by atoms with E-state index < -0.39 is 43.8 Å². The fraction of sp³-hybridized carbons (Fsp3) is 0.300. The minimum absolute atomic E-state index is 0.0384. The molecule has 0 radical (unpaired) electrons. The Morgan fingerprint density at radius 2 is 1.76 bits per heavy atom. The third-order valence-corrected chi connectivity index (χ3v) is 8.27. The number of carbonyl (C=O) groups excluding carboxylic acids is 2. The lowest BCUT2D eigenvalue weighted by atomic mass is 10.2. The Labute approximate surface area is 219 Å². The molecule has 2 aromatic rings. The number of nitrogens with zero attached hydrogens (tertiary/aromatic N) is 3. The second-order valence-corrected chi connectivity index (χ2v) is 11.3. The number of rotatable bonds is 5. The van der Waals surface area contributed by atoms with Gasteiger partial charge in [0.2, 0.25) is 3.79 Å². The lowest BCUT2D eigenvalue weighted by Gasteiger charge is -2.31. The van der Waals surface area contributed by atoms with Crippen molar-refractivity contribution in [2.24, 2.45) is 0 Å². The van der Waals surface area contributed by atoms with Crippen molar-refractivity contribution >= 4 is 92.9 Å². The van der Waals surface area contributed by atoms with Gasteiger partial charge in [-0.05, 0) is 35.7 Å². The van der Waals surface area contributed by atoms with Crippen LogP contribution in [0.2, 0.25) is 10.0 Å². The summed E-state index contributed by atoms with van der Waals surface area (Å²) in [6.07, 6.45) is -2.25. The molecule has 2 heterocycles. The van der Waals surface area contributed by atoms with Crippen molar-refractivity contribution in [3.8, 4) is 0 Å². The summed E-state index contributed by atoms with van der Waals surface area (Å²) in [5.74, 6) is -1.23. The van der Waals surface area contributed by atoms with Crippen molar-refractivity contribution in [1.82, 2.24) is 14.5 Å². The van der Waals surface area contributed by atoms with Crippen molar-refractivity contribution in [3.63, 3.8) is 0 Å². The number of halogens is 7. The van der Waals surface area contributed by atoms with Crippen molar-refractivity contribution in [2.45, 2.75) is 28.4 Å². The summed E-state index contributed by atoms with van der Waals surface area (Å²) in [6.45, 7) is 1.71. The van der Waals surface area contributed by atoms with Crippen LogP contribution in [0.5, 0.6) is 0 Å². The van der Waals surface area contributed by atoms with E-state index in [0.29, 0.717) is 16.3 Å². The molecule has 0 bridgehead atoms. The first kappa shape index (κ1) is 25.1. The number of imide groups is 1. The number of hydrogen-bond acceptors (Lipinski definition) is 4. The molecule has 0 spiro atoms. The van der Waals surface area contributed by atoms with Gasteiger partial charge in [-0.2, -0.15) is 0 Å². The largest absolute Gasteiger partial charge is 0.452 e. The minimum atomic E-state index is -2.03. The molecule has 0 aliphatic carbocycles. The van der Waals surface area contributed by atoms with E-state index in [4.69, 9.17) is 69.6 Å². The minimum Gasteiger partial charge on any atom is -0.363 e. The first-order valence-electron chi connectivity index (χ1n) is 9.51. The molecule has 4 rings (SSSR count). The standard InChI is InChI=1S/C20H16Cl6FN4O2/c1-9-10(21)7-8-12(14(9)22)28-16(15(23)20(24,25)26)30-17-18(32)29(2)19(33)31(17,30)13-6-4-3-5-11(13)27/h3-8,15-17,28H,1-2H3/q+1. The smallest absolute Gasteiger partial charge is 0.363 e. The predicted octanol–water partition coefficient (Wildman–Crippen LogP) is 6.31. The number of carbonyl (C=O) groups is 2. The van der Waals surface area contributed by atoms with Crippen LogP contribution in [-0.2, 0) is 4.79 Å². The predicted molar refractivity (Wildman–Crippen MR) is 131 cm³/mol. The van der Waals surface area contributed by atoms with Crippen molar-refractivity contribution < 1.29 is 14.0 Å². The molecule has 2 aliphatic rings. The number of alkyl halides is 4. The second-order valence-electron chi connectivity index (χ2n) is 7.64. The molecule has 2 fully saturated rings. The zero-order chi connectivity index (χ0) is 24.5. The summed E-state index contributed by atoms with van der Waals surface area (Å²) in [6, 6.07) is 8.17. The highest BCUT2D eigenvalue weighted by Gasteiger charge is 2.86. The molecule has 2 aromatic carbocycles. The van der Waals surface area contributed by atoms with Gasteiger partial charge in [-0.1, -0.05) is 74.7 Å². The molecule has 0 saturated carbocycles. The van der Waals surface area contributed by atoms with Gasteiger partial charge in [0.15, 0.2) is 17.7 Å². The molecule has 2 aliphatic heterocycles. The quantitative estimate of drug-likeness (QED) is 0.196. The fourth-order valence-corrected chi connectivity index (χ4v) is 5.03. The first-order chi connectivity index (χ1) is 15.3. The topological polar surface area (TPSA) is 52.4 Å². The van der Waals surface area contributed by atoms with Gasteiger partial charge in [0.05, 0.1) is 10.7 Å². The average molecular weight is 576 g/mol. The molecule has 176 valence electrons. The van der Waals surface area contributed by atoms with Crippen LogP contribution in [0.3, 0.4) is 0 Å². The maximum absolute atomic E-state index is 14.9. The average Bonchev–Trinajstić information content (AvgIpc) is 3.39. The molecule has 5 unspecified atom stereocenters. The normalized spacial score (nSPS) is 26.3. The van der Waals surface area contributed by atoms with Crippen molar-refractivity contribution in [1.29, 1.82) is 0 Å². The van der Waals surface area contributed by atoms with Gasteiger partial charge < -0.3 is 5.32 Å². The Morgan fingerprint density at radius 3 is 2.36 bits per heavy atom. The molecule has 2 saturated heterocycles. The third-order valence-electron chi connectivity index (χ3n) is 5.76. The third kappa shape index (κ3) is 3.78. The Hall–Kier alpha value is -1.03. The van der Waals surface area contributed by atoms with Gasteiger partial charge in [-0.15, -0.1) is 11.6 Å². The summed E-state index contributed by atoms with van der Waals surface area (Å²) in [7, 11) is 1.32. The number of hydrogen-bond donors (Lipinski definition) is 1. The number of likely N-dealkylation sites (N-methyl/N-ethyl adjacent to an activating group) is 1. The number of amides is 3. The lowest BCUT2D eigenvalue weighted by Crippen LogP contribution is -2.54. The Balaban J connectivity index is 1.86. The van der Waals surface area contributed by atoms with Crippen LogP contribution in [-0.4, -0.2) is 50.4 Å². The van der Waals surface area contributed by atoms with E-state index in [-0.39, 0.29) is 10.7 Å². The summed E-state index contributed by atoms with van der Waals surface area (Å²) < 4.78 is 12.1. The van der Waals surface area contributed by atoms with Gasteiger partial charge in [0.25, 0.3) is 0 Å². The highest BCUT2D eigenvalue weighted by molar-refractivity contribution is 6.70. The van der Waals surface area contributed by atoms with E-state index in [9.17, 15) is 14.0 Å². The molecule has 13 heteroatoms. The van der Waals surface area contributed by atoms with Crippen molar-refractivity contribution in [2.75, 3.05) is 12.4 Å². The molecule has 3 amide bonds. The molecule has 0 aromatic heterocycles. The lowest BCUT2D eigenvalue weighted by molar-refractivity contribution is -0.126. The zero-order valence-corrected chi connectivity index (χ0v) is 21.5. The molecule has 6 nitrogen and oxygen atoms in total. The Kier molecular flexibility index (Phi) is 6.51. The van der Waals surface area contributed by atoms with Gasteiger partial charge in [0, 0.05) is 18.1 Å². The van der Waals surface area contributed by atoms with Gasteiger partial charge in [-0.25, -0.2) is 14.1 Å². The Bertz CT molecular complexity index is 1160. The van der Waals surface area contributed by atoms with Crippen LogP contribution >= 0.6 is 69.6 Å². The first-order valence-corrected chi connectivity index (χ1v) is 11.8. The number of anilines is 1. The fourth-order valence-electron chi connectivity index (χ4n) is 4.07. The van der Waals surface area contributed by atoms with E-state index in [2.05, 4.69) is 5.32 Å². The van der Waals surface area contributed by atoms with E-state index in [1.807, 2.05) is 0 Å². The summed E-state index contributed by atoms with van der Waals surface area (Å²) in [5, 5.41) is 3.84. The summed E-state index contributed by atoms with van der Waals surface area (Å²) in [5.41, 5.74) is 0.913. The SMILES string of the molecule is Cc1c(Cl)ccc(NC(C(Cl)C(Cl)(Cl)Cl)N2C3C(=O)N(C)C(=O)[N+]32c2ccccc2F)c1Cl. The zero-order valence-electron chi connectivity index (χ0n) is 17.0. The van der Waals surface area contributed by atoms with E-state index in [1.165, 1.54) is 30.3 Å². The summed E-state index contributed by atoms with van der Waals surface area (Å²) >= 11 is 37.5. The number of fused-ring (bicyclic) bond motifs is 1. The highest BCUT2D eigenvalue weighted by atomic mass is 35.6. The van der Waals surface area contributed by atoms with Gasteiger partial charge >= 0.3 is 18.1 Å². The maximum atomic E-state index is 14.9. The van der Waals surface area contributed by atoms with Gasteiger partial charge in [0.1, 0.15) is 5.38 Å². The second kappa shape index (κ2) is 8.57. The molecular weight excluding hydrogens is 560 g/mol. The van der Waals surface area contributed by atoms with Crippen LogP contribution in [0.4, 0.5) is 20.6 Å². The van der Waals surface area contributed by atoms with Gasteiger partial charge in [-0.3, -0.25) is 4.79 Å². The molecule has 1 N–H and O–H groups in total. The van der Waals surface area contributed by atoms with E-state index in [1.54, 1.807) is 25.1 Å². The van der Waals surface area contributed by atoms with Crippen LogP contribution < -0.4 is 9.91 Å². The number of nitrogens with one attached hydrogen (secondary N) is 1.